The first-order chi connectivity index (χ1) is 8.01. The number of likely N-dealkylation sites (N-methyl/N-ethyl adjacent to an activating group) is 1. The number of aliphatic hydroxyl groups is 1. The monoisotopic (exact) mass is 241 g/mol. The van der Waals surface area contributed by atoms with E-state index in [1.807, 2.05) is 25.8 Å². The maximum atomic E-state index is 13.6. The van der Waals surface area contributed by atoms with Gasteiger partial charge >= 0.3 is 0 Å². The number of hydrogen-bond acceptors (Lipinski definition) is 3. The fourth-order valence-electron chi connectivity index (χ4n) is 1.85. The number of anilines is 1. The predicted molar refractivity (Wildman–Crippen MR) is 67.1 cm³/mol. The van der Waals surface area contributed by atoms with Gasteiger partial charge in [-0.3, -0.25) is 0 Å². The molecule has 1 rings (SSSR count). The lowest BCUT2D eigenvalue weighted by molar-refractivity contribution is 0.234. The molecule has 0 saturated heterocycles. The van der Waals surface area contributed by atoms with E-state index < -0.39 is 5.82 Å². The highest BCUT2D eigenvalue weighted by molar-refractivity contribution is 5.50. The van der Waals surface area contributed by atoms with Gasteiger partial charge < -0.3 is 14.7 Å². The zero-order valence-electron chi connectivity index (χ0n) is 10.8. The molecular weight excluding hydrogens is 221 g/mol. The molecule has 4 heteroatoms. The molecule has 0 spiro atoms. The molecule has 1 aromatic carbocycles. The smallest absolute Gasteiger partial charge is 0.167 e. The number of aliphatic hydroxyl groups excluding tert-OH is 1. The van der Waals surface area contributed by atoms with Crippen molar-refractivity contribution in [1.82, 2.24) is 0 Å². The molecule has 0 fully saturated rings. The van der Waals surface area contributed by atoms with Gasteiger partial charge in [0.25, 0.3) is 0 Å². The van der Waals surface area contributed by atoms with Crippen molar-refractivity contribution >= 4 is 5.69 Å². The van der Waals surface area contributed by atoms with Crippen LogP contribution in [0.3, 0.4) is 0 Å². The molecule has 0 aliphatic carbocycles. The third-order valence-electron chi connectivity index (χ3n) is 3.00. The van der Waals surface area contributed by atoms with Crippen LogP contribution in [0, 0.1) is 11.7 Å². The van der Waals surface area contributed by atoms with Crippen LogP contribution < -0.4 is 9.64 Å². The van der Waals surface area contributed by atoms with Crippen molar-refractivity contribution in [1.29, 1.82) is 0 Å². The quantitative estimate of drug-likeness (QED) is 0.858. The van der Waals surface area contributed by atoms with E-state index in [1.165, 1.54) is 13.2 Å². The minimum absolute atomic E-state index is 0.0252. The summed E-state index contributed by atoms with van der Waals surface area (Å²) in [7, 11) is 3.29. The molecule has 1 N–H and O–H groups in total. The Bertz CT molecular complexity index is 368. The Morgan fingerprint density at radius 2 is 2.06 bits per heavy atom. The third-order valence-corrected chi connectivity index (χ3v) is 3.00. The van der Waals surface area contributed by atoms with Crippen LogP contribution in [-0.2, 0) is 0 Å². The normalized spacial score (nSPS) is 12.6. The number of methoxy groups -OCH3 is 1. The van der Waals surface area contributed by atoms with Gasteiger partial charge in [-0.2, -0.15) is 0 Å². The van der Waals surface area contributed by atoms with Crippen LogP contribution in [0.2, 0.25) is 0 Å². The minimum atomic E-state index is -0.391. The molecule has 96 valence electrons. The van der Waals surface area contributed by atoms with Gasteiger partial charge in [-0.25, -0.2) is 4.39 Å². The van der Waals surface area contributed by atoms with E-state index >= 15 is 0 Å². The van der Waals surface area contributed by atoms with E-state index in [2.05, 4.69) is 0 Å². The van der Waals surface area contributed by atoms with Crippen molar-refractivity contribution in [3.63, 3.8) is 0 Å². The second-order valence-electron chi connectivity index (χ2n) is 4.42. The van der Waals surface area contributed by atoms with Crippen molar-refractivity contribution in [3.8, 4) is 5.75 Å². The molecule has 17 heavy (non-hydrogen) atoms. The van der Waals surface area contributed by atoms with Crippen LogP contribution in [0.1, 0.15) is 13.8 Å². The molecule has 0 aliphatic heterocycles. The van der Waals surface area contributed by atoms with Crippen molar-refractivity contribution in [2.24, 2.45) is 5.92 Å². The SMILES string of the molecule is COc1ccc(N(C)C(CO)C(C)C)cc1F. The maximum Gasteiger partial charge on any atom is 0.167 e. The average molecular weight is 241 g/mol. The van der Waals surface area contributed by atoms with Gasteiger partial charge in [0, 0.05) is 18.8 Å². The zero-order chi connectivity index (χ0) is 13.0. The van der Waals surface area contributed by atoms with Crippen LogP contribution >= 0.6 is 0 Å². The fourth-order valence-corrected chi connectivity index (χ4v) is 1.85. The molecule has 1 aromatic rings. The van der Waals surface area contributed by atoms with Crippen molar-refractivity contribution in [3.05, 3.63) is 24.0 Å². The van der Waals surface area contributed by atoms with Gasteiger partial charge in [0.15, 0.2) is 11.6 Å². The van der Waals surface area contributed by atoms with Crippen molar-refractivity contribution < 1.29 is 14.2 Å². The summed E-state index contributed by atoms with van der Waals surface area (Å²) >= 11 is 0. The fraction of sp³-hybridized carbons (Fsp3) is 0.538. The highest BCUT2D eigenvalue weighted by Gasteiger charge is 2.19. The van der Waals surface area contributed by atoms with E-state index in [-0.39, 0.29) is 24.3 Å². The molecule has 0 bridgehead atoms. The van der Waals surface area contributed by atoms with Crippen molar-refractivity contribution in [2.75, 3.05) is 25.7 Å². The lowest BCUT2D eigenvalue weighted by Crippen LogP contribution is -2.38. The topological polar surface area (TPSA) is 32.7 Å². The van der Waals surface area contributed by atoms with E-state index in [0.717, 1.165) is 5.69 Å². The van der Waals surface area contributed by atoms with Crippen LogP contribution in [0.15, 0.2) is 18.2 Å². The predicted octanol–water partition coefficient (Wildman–Crippen LogP) is 2.29. The summed E-state index contributed by atoms with van der Waals surface area (Å²) in [5.74, 6) is 0.125. The lowest BCUT2D eigenvalue weighted by Gasteiger charge is -2.31. The summed E-state index contributed by atoms with van der Waals surface area (Å²) in [4.78, 5) is 1.88. The van der Waals surface area contributed by atoms with E-state index in [9.17, 15) is 9.50 Å². The summed E-state index contributed by atoms with van der Waals surface area (Å²) in [6.45, 7) is 4.09. The number of ether oxygens (including phenoxy) is 1. The minimum Gasteiger partial charge on any atom is -0.494 e. The van der Waals surface area contributed by atoms with Gasteiger partial charge in [-0.1, -0.05) is 13.8 Å². The van der Waals surface area contributed by atoms with Gasteiger partial charge in [0.2, 0.25) is 0 Å². The van der Waals surface area contributed by atoms with E-state index in [0.29, 0.717) is 0 Å². The first-order valence-corrected chi connectivity index (χ1v) is 5.68. The van der Waals surface area contributed by atoms with Crippen LogP contribution in [0.25, 0.3) is 0 Å². The zero-order valence-corrected chi connectivity index (χ0v) is 10.8. The Balaban J connectivity index is 2.95. The Kier molecular flexibility index (Phi) is 4.75. The summed E-state index contributed by atoms with van der Waals surface area (Å²) in [6, 6.07) is 4.77. The van der Waals surface area contributed by atoms with Crippen molar-refractivity contribution in [2.45, 2.75) is 19.9 Å². The first-order valence-electron chi connectivity index (χ1n) is 5.68. The molecule has 0 saturated carbocycles. The number of nitrogens with zero attached hydrogens (tertiary/aromatic N) is 1. The molecule has 1 unspecified atom stereocenters. The molecule has 1 atom stereocenters. The highest BCUT2D eigenvalue weighted by Crippen LogP contribution is 2.25. The Morgan fingerprint density at radius 1 is 1.41 bits per heavy atom. The van der Waals surface area contributed by atoms with Gasteiger partial charge in [-0.05, 0) is 18.1 Å². The molecule has 0 heterocycles. The molecular formula is C13H20FNO2. The van der Waals surface area contributed by atoms with E-state index in [4.69, 9.17) is 4.74 Å². The Hall–Kier alpha value is -1.29. The lowest BCUT2D eigenvalue weighted by atomic mass is 10.0. The number of rotatable bonds is 5. The maximum absolute atomic E-state index is 13.6. The Labute approximate surface area is 102 Å². The number of benzene rings is 1. The second-order valence-corrected chi connectivity index (χ2v) is 4.42. The van der Waals surface area contributed by atoms with Gasteiger partial charge in [0.1, 0.15) is 0 Å². The number of halogens is 1. The highest BCUT2D eigenvalue weighted by atomic mass is 19.1. The summed E-state index contributed by atoms with van der Waals surface area (Å²) in [5.41, 5.74) is 0.732. The van der Waals surface area contributed by atoms with Crippen LogP contribution in [0.4, 0.5) is 10.1 Å². The largest absolute Gasteiger partial charge is 0.494 e. The Morgan fingerprint density at radius 3 is 2.47 bits per heavy atom. The first kappa shape index (κ1) is 13.8. The molecule has 0 amide bonds. The third kappa shape index (κ3) is 3.09. The summed E-state index contributed by atoms with van der Waals surface area (Å²) in [5, 5.41) is 9.34. The van der Waals surface area contributed by atoms with Crippen LogP contribution in [0.5, 0.6) is 5.75 Å². The molecule has 0 aromatic heterocycles. The van der Waals surface area contributed by atoms with Gasteiger partial charge in [0.05, 0.1) is 19.8 Å². The molecule has 3 nitrogen and oxygen atoms in total. The number of hydrogen-bond donors (Lipinski definition) is 1. The summed E-state index contributed by atoms with van der Waals surface area (Å²) < 4.78 is 18.4. The average Bonchev–Trinajstić information content (AvgIpc) is 2.29. The second kappa shape index (κ2) is 5.87. The molecule has 0 aliphatic rings. The molecule has 0 radical (unpaired) electrons. The summed E-state index contributed by atoms with van der Waals surface area (Å²) in [6.07, 6.45) is 0. The van der Waals surface area contributed by atoms with E-state index in [1.54, 1.807) is 12.1 Å². The standard InChI is InChI=1S/C13H20FNO2/c1-9(2)12(8-16)15(3)10-5-6-13(17-4)11(14)7-10/h5-7,9,12,16H,8H2,1-4H3. The van der Waals surface area contributed by atoms with Gasteiger partial charge in [-0.15, -0.1) is 0 Å². The van der Waals surface area contributed by atoms with Crippen LogP contribution in [-0.4, -0.2) is 31.9 Å².